The number of anilines is 2. The third-order valence-corrected chi connectivity index (χ3v) is 1.49. The van der Waals surface area contributed by atoms with E-state index in [1.54, 1.807) is 7.05 Å². The Morgan fingerprint density at radius 2 is 2.21 bits per heavy atom. The Hall–Kier alpha value is -1.89. The summed E-state index contributed by atoms with van der Waals surface area (Å²) in [4.78, 5) is 18.7. The lowest BCUT2D eigenvalue weighted by Gasteiger charge is -2.05. The van der Waals surface area contributed by atoms with E-state index in [0.717, 1.165) is 0 Å². The Kier molecular flexibility index (Phi) is 3.62. The van der Waals surface area contributed by atoms with Crippen LogP contribution >= 0.6 is 0 Å². The number of nitrogens with two attached hydrogens (primary N) is 1. The first-order valence-corrected chi connectivity index (χ1v) is 3.99. The molecule has 0 unspecified atom stereocenters. The van der Waals surface area contributed by atoms with Crippen molar-refractivity contribution in [1.82, 2.24) is 15.3 Å². The number of carbonyl (C=O) groups is 1. The first kappa shape index (κ1) is 10.2. The number of aromatic nitrogens is 2. The van der Waals surface area contributed by atoms with Crippen LogP contribution in [0.3, 0.4) is 0 Å². The maximum absolute atomic E-state index is 10.9. The van der Waals surface area contributed by atoms with E-state index in [1.165, 1.54) is 12.4 Å². The van der Waals surface area contributed by atoms with E-state index in [0.29, 0.717) is 11.6 Å². The number of hydrazine groups is 1. The first-order valence-electron chi connectivity index (χ1n) is 3.99. The molecule has 1 rings (SSSR count). The van der Waals surface area contributed by atoms with Crippen LogP contribution < -0.4 is 21.9 Å². The molecular formula is C7H12N6O. The molecule has 0 radical (unpaired) electrons. The molecule has 0 saturated heterocycles. The number of nitrogens with zero attached hydrogens (tertiary/aromatic N) is 2. The molecule has 5 N–H and O–H groups in total. The van der Waals surface area contributed by atoms with Crippen LogP contribution in [0.25, 0.3) is 0 Å². The fraction of sp³-hybridized carbons (Fsp3) is 0.286. The molecule has 1 aromatic rings. The van der Waals surface area contributed by atoms with Gasteiger partial charge < -0.3 is 16.1 Å². The highest BCUT2D eigenvalue weighted by molar-refractivity contribution is 5.80. The van der Waals surface area contributed by atoms with Crippen LogP contribution in [0.1, 0.15) is 0 Å². The third-order valence-electron chi connectivity index (χ3n) is 1.49. The van der Waals surface area contributed by atoms with Crippen molar-refractivity contribution in [2.45, 2.75) is 0 Å². The van der Waals surface area contributed by atoms with Gasteiger partial charge in [-0.1, -0.05) is 0 Å². The predicted molar refractivity (Wildman–Crippen MR) is 52.4 cm³/mol. The zero-order valence-electron chi connectivity index (χ0n) is 7.74. The molecule has 1 heterocycles. The predicted octanol–water partition coefficient (Wildman–Crippen LogP) is -1.08. The van der Waals surface area contributed by atoms with E-state index >= 15 is 0 Å². The van der Waals surface area contributed by atoms with Gasteiger partial charge in [0.05, 0.1) is 18.9 Å². The maximum Gasteiger partial charge on any atom is 0.239 e. The van der Waals surface area contributed by atoms with Gasteiger partial charge in [0.2, 0.25) is 5.91 Å². The molecule has 76 valence electrons. The second-order valence-corrected chi connectivity index (χ2v) is 2.46. The lowest BCUT2D eigenvalue weighted by atomic mass is 10.5. The van der Waals surface area contributed by atoms with Crippen molar-refractivity contribution in [2.75, 3.05) is 24.3 Å². The zero-order valence-corrected chi connectivity index (χ0v) is 7.74. The van der Waals surface area contributed by atoms with Gasteiger partial charge in [0.15, 0.2) is 5.82 Å². The number of nitrogens with one attached hydrogen (secondary N) is 3. The molecule has 0 aliphatic rings. The summed E-state index contributed by atoms with van der Waals surface area (Å²) in [6, 6.07) is 0. The Morgan fingerprint density at radius 3 is 2.86 bits per heavy atom. The van der Waals surface area contributed by atoms with E-state index in [9.17, 15) is 4.79 Å². The molecule has 7 nitrogen and oxygen atoms in total. The smallest absolute Gasteiger partial charge is 0.239 e. The summed E-state index contributed by atoms with van der Waals surface area (Å²) in [5, 5.41) is 5.26. The summed E-state index contributed by atoms with van der Waals surface area (Å²) in [5.74, 6) is 5.94. The molecule has 0 aliphatic heterocycles. The van der Waals surface area contributed by atoms with Crippen molar-refractivity contribution < 1.29 is 4.79 Å². The maximum atomic E-state index is 10.9. The largest absolute Gasteiger partial charge is 0.360 e. The molecule has 1 aromatic heterocycles. The van der Waals surface area contributed by atoms with Gasteiger partial charge in [-0.05, 0) is 0 Å². The van der Waals surface area contributed by atoms with Gasteiger partial charge in [-0.3, -0.25) is 9.78 Å². The van der Waals surface area contributed by atoms with Gasteiger partial charge in [0.1, 0.15) is 5.82 Å². The summed E-state index contributed by atoms with van der Waals surface area (Å²) in [6.45, 7) is 0.152. The lowest BCUT2D eigenvalue weighted by Crippen LogP contribution is -2.26. The zero-order chi connectivity index (χ0) is 10.4. The van der Waals surface area contributed by atoms with Gasteiger partial charge in [0, 0.05) is 7.05 Å². The molecule has 0 bridgehead atoms. The average molecular weight is 196 g/mol. The molecule has 0 aliphatic carbocycles. The van der Waals surface area contributed by atoms with E-state index in [4.69, 9.17) is 5.84 Å². The minimum atomic E-state index is -0.127. The fourth-order valence-electron chi connectivity index (χ4n) is 0.780. The Morgan fingerprint density at radius 1 is 1.50 bits per heavy atom. The first-order chi connectivity index (χ1) is 6.76. The van der Waals surface area contributed by atoms with Crippen molar-refractivity contribution in [3.63, 3.8) is 0 Å². The van der Waals surface area contributed by atoms with Crippen LogP contribution in [0.5, 0.6) is 0 Å². The van der Waals surface area contributed by atoms with Crippen LogP contribution in [0.15, 0.2) is 12.4 Å². The summed E-state index contributed by atoms with van der Waals surface area (Å²) >= 11 is 0. The quantitative estimate of drug-likeness (QED) is 0.360. The minimum Gasteiger partial charge on any atom is -0.360 e. The topological polar surface area (TPSA) is 105 Å². The van der Waals surface area contributed by atoms with Crippen molar-refractivity contribution in [3.05, 3.63) is 12.4 Å². The number of nitrogen functional groups attached to an aromatic ring is 1. The molecule has 0 saturated carbocycles. The van der Waals surface area contributed by atoms with Gasteiger partial charge in [-0.25, -0.2) is 10.8 Å². The third kappa shape index (κ3) is 2.87. The summed E-state index contributed by atoms with van der Waals surface area (Å²) in [6.07, 6.45) is 2.98. The number of carbonyl (C=O) groups excluding carboxylic acids is 1. The van der Waals surface area contributed by atoms with E-state index in [1.807, 2.05) is 0 Å². The Balaban J connectivity index is 2.54. The number of rotatable bonds is 4. The fourth-order valence-corrected chi connectivity index (χ4v) is 0.780. The monoisotopic (exact) mass is 196 g/mol. The SMILES string of the molecule is CNC(=O)CNc1cncc(NN)n1. The van der Waals surface area contributed by atoms with Crippen molar-refractivity contribution >= 4 is 17.5 Å². The van der Waals surface area contributed by atoms with E-state index in [-0.39, 0.29) is 12.5 Å². The molecule has 0 aromatic carbocycles. The molecule has 0 spiro atoms. The standard InChI is InChI=1S/C7H12N6O/c1-9-7(14)4-11-5-2-10-3-6(12-5)13-8/h2-3H,4,8H2,1H3,(H,9,14)(H2,11,12,13). The van der Waals surface area contributed by atoms with Gasteiger partial charge in [0.25, 0.3) is 0 Å². The average Bonchev–Trinajstić information content (AvgIpc) is 2.26. The molecular weight excluding hydrogens is 184 g/mol. The highest BCUT2D eigenvalue weighted by atomic mass is 16.1. The van der Waals surface area contributed by atoms with E-state index < -0.39 is 0 Å². The molecule has 14 heavy (non-hydrogen) atoms. The van der Waals surface area contributed by atoms with Crippen LogP contribution in [-0.4, -0.2) is 29.5 Å². The molecule has 7 heteroatoms. The molecule has 1 amide bonds. The van der Waals surface area contributed by atoms with Gasteiger partial charge in [-0.2, -0.15) is 0 Å². The normalized spacial score (nSPS) is 9.29. The number of likely N-dealkylation sites (N-methyl/N-ethyl adjacent to an activating group) is 1. The second kappa shape index (κ2) is 4.97. The highest BCUT2D eigenvalue weighted by Crippen LogP contribution is 2.03. The van der Waals surface area contributed by atoms with Crippen LogP contribution in [0.4, 0.5) is 11.6 Å². The van der Waals surface area contributed by atoms with Crippen molar-refractivity contribution in [2.24, 2.45) is 5.84 Å². The van der Waals surface area contributed by atoms with E-state index in [2.05, 4.69) is 26.0 Å². The Bertz CT molecular complexity index is 315. The highest BCUT2D eigenvalue weighted by Gasteiger charge is 1.99. The van der Waals surface area contributed by atoms with Gasteiger partial charge >= 0.3 is 0 Å². The summed E-state index contributed by atoms with van der Waals surface area (Å²) in [5.41, 5.74) is 2.35. The van der Waals surface area contributed by atoms with Crippen LogP contribution in [-0.2, 0) is 4.79 Å². The number of amides is 1. The number of hydrogen-bond donors (Lipinski definition) is 4. The second-order valence-electron chi connectivity index (χ2n) is 2.46. The molecule has 0 fully saturated rings. The summed E-state index contributed by atoms with van der Waals surface area (Å²) < 4.78 is 0. The minimum absolute atomic E-state index is 0.127. The van der Waals surface area contributed by atoms with Crippen molar-refractivity contribution in [1.29, 1.82) is 0 Å². The molecule has 0 atom stereocenters. The lowest BCUT2D eigenvalue weighted by molar-refractivity contribution is -0.118. The van der Waals surface area contributed by atoms with Gasteiger partial charge in [-0.15, -0.1) is 0 Å². The Labute approximate surface area is 81.1 Å². The number of hydrogen-bond acceptors (Lipinski definition) is 6. The van der Waals surface area contributed by atoms with Crippen molar-refractivity contribution in [3.8, 4) is 0 Å². The van der Waals surface area contributed by atoms with Crippen LogP contribution in [0.2, 0.25) is 0 Å². The summed E-state index contributed by atoms with van der Waals surface area (Å²) in [7, 11) is 1.56. The van der Waals surface area contributed by atoms with Crippen LogP contribution in [0, 0.1) is 0 Å².